The number of nitrogens with zero attached hydrogens (tertiary/aromatic N) is 1. The third kappa shape index (κ3) is 3.61. The van der Waals surface area contributed by atoms with Crippen LogP contribution < -0.4 is 0 Å². The molecule has 98 valence electrons. The second-order valence-corrected chi connectivity index (χ2v) is 5.32. The van der Waals surface area contributed by atoms with E-state index in [1.807, 2.05) is 13.8 Å². The Balaban J connectivity index is 2.41. The lowest BCUT2D eigenvalue weighted by molar-refractivity contribution is -0.150. The first-order valence-electron chi connectivity index (χ1n) is 6.00. The van der Waals surface area contributed by atoms with E-state index in [9.17, 15) is 9.59 Å². The Labute approximate surface area is 102 Å². The van der Waals surface area contributed by atoms with Crippen molar-refractivity contribution in [2.45, 2.75) is 33.6 Å². The Morgan fingerprint density at radius 3 is 2.29 bits per heavy atom. The van der Waals surface area contributed by atoms with E-state index in [0.717, 1.165) is 0 Å². The summed E-state index contributed by atoms with van der Waals surface area (Å²) in [5, 5.41) is 9.06. The highest BCUT2D eigenvalue weighted by Crippen LogP contribution is 2.31. The molecular formula is C12H21NO4. The molecule has 1 fully saturated rings. The summed E-state index contributed by atoms with van der Waals surface area (Å²) in [6.07, 6.45) is 0.643. The zero-order valence-electron chi connectivity index (χ0n) is 10.7. The fourth-order valence-electron chi connectivity index (χ4n) is 1.73. The number of rotatable bonds is 3. The topological polar surface area (TPSA) is 66.8 Å². The molecule has 0 aromatic rings. The molecule has 5 nitrogen and oxygen atoms in total. The first-order chi connectivity index (χ1) is 7.85. The predicted octanol–water partition coefficient (Wildman–Crippen LogP) is 1.97. The molecule has 1 saturated heterocycles. The van der Waals surface area contributed by atoms with Crippen LogP contribution >= 0.6 is 0 Å². The maximum atomic E-state index is 11.6. The number of amides is 1. The molecule has 0 aromatic heterocycles. The third-order valence-electron chi connectivity index (χ3n) is 3.18. The number of carboxylic acid groups (broad SMARTS) is 1. The summed E-state index contributed by atoms with van der Waals surface area (Å²) in [5.74, 6) is -0.472. The summed E-state index contributed by atoms with van der Waals surface area (Å²) in [6.45, 7) is 7.01. The molecule has 1 aliphatic heterocycles. The molecule has 0 saturated carbocycles. The highest BCUT2D eigenvalue weighted by Gasteiger charge is 2.38. The van der Waals surface area contributed by atoms with E-state index < -0.39 is 11.4 Å². The van der Waals surface area contributed by atoms with Crippen LogP contribution in [0.15, 0.2) is 0 Å². The van der Waals surface area contributed by atoms with Crippen LogP contribution in [-0.4, -0.2) is 41.8 Å². The van der Waals surface area contributed by atoms with Crippen LogP contribution in [0.25, 0.3) is 0 Å². The van der Waals surface area contributed by atoms with Crippen LogP contribution in [0.3, 0.4) is 0 Å². The van der Waals surface area contributed by atoms with Gasteiger partial charge in [0.15, 0.2) is 0 Å². The Hall–Kier alpha value is -1.26. The summed E-state index contributed by atoms with van der Waals surface area (Å²) in [5.41, 5.74) is -0.700. The first kappa shape index (κ1) is 13.8. The molecule has 0 unspecified atom stereocenters. The molecule has 0 bridgehead atoms. The number of ether oxygens (including phenoxy) is 1. The Bertz CT molecular complexity index is 293. The van der Waals surface area contributed by atoms with Gasteiger partial charge in [-0.05, 0) is 25.7 Å². The van der Waals surface area contributed by atoms with Gasteiger partial charge in [0.25, 0.3) is 0 Å². The van der Waals surface area contributed by atoms with E-state index in [1.54, 1.807) is 11.8 Å². The average molecular weight is 243 g/mol. The summed E-state index contributed by atoms with van der Waals surface area (Å²) in [7, 11) is 0. The minimum atomic E-state index is -0.785. The van der Waals surface area contributed by atoms with Gasteiger partial charge in [-0.2, -0.15) is 0 Å². The molecule has 0 spiro atoms. The summed E-state index contributed by atoms with van der Waals surface area (Å²) < 4.78 is 5.11. The molecule has 5 heteroatoms. The number of hydrogen-bond donors (Lipinski definition) is 1. The van der Waals surface area contributed by atoms with Crippen molar-refractivity contribution < 1.29 is 19.4 Å². The van der Waals surface area contributed by atoms with Gasteiger partial charge in [-0.3, -0.25) is 4.79 Å². The maximum absolute atomic E-state index is 11.6. The van der Waals surface area contributed by atoms with Gasteiger partial charge in [-0.15, -0.1) is 0 Å². The number of carboxylic acids is 1. The van der Waals surface area contributed by atoms with E-state index in [4.69, 9.17) is 9.84 Å². The number of carbonyl (C=O) groups is 2. The zero-order chi connectivity index (χ0) is 13.1. The molecule has 1 aliphatic rings. The molecule has 1 heterocycles. The van der Waals surface area contributed by atoms with Crippen molar-refractivity contribution in [2.24, 2.45) is 11.3 Å². The summed E-state index contributed by atoms with van der Waals surface area (Å²) in [4.78, 5) is 24.3. The third-order valence-corrected chi connectivity index (χ3v) is 3.18. The monoisotopic (exact) mass is 243 g/mol. The van der Waals surface area contributed by atoms with Crippen molar-refractivity contribution in [3.63, 3.8) is 0 Å². The van der Waals surface area contributed by atoms with Crippen molar-refractivity contribution in [3.05, 3.63) is 0 Å². The van der Waals surface area contributed by atoms with Crippen molar-refractivity contribution in [3.8, 4) is 0 Å². The van der Waals surface area contributed by atoms with Gasteiger partial charge in [-0.1, -0.05) is 13.8 Å². The smallest absolute Gasteiger partial charge is 0.409 e. The minimum Gasteiger partial charge on any atom is -0.481 e. The SMILES string of the molecule is CC(C)COC(=O)N1CCC(C)(C(=O)O)CC1. The quantitative estimate of drug-likeness (QED) is 0.822. The second kappa shape index (κ2) is 5.38. The lowest BCUT2D eigenvalue weighted by Crippen LogP contribution is -2.45. The first-order valence-corrected chi connectivity index (χ1v) is 6.00. The fourth-order valence-corrected chi connectivity index (χ4v) is 1.73. The second-order valence-electron chi connectivity index (χ2n) is 5.32. The standard InChI is InChI=1S/C12H21NO4/c1-9(2)8-17-11(16)13-6-4-12(3,5-7-13)10(14)15/h9H,4-8H2,1-3H3,(H,14,15). The van der Waals surface area contributed by atoms with Gasteiger partial charge < -0.3 is 14.7 Å². The normalized spacial score (nSPS) is 19.2. The zero-order valence-corrected chi connectivity index (χ0v) is 10.7. The molecule has 0 aromatic carbocycles. The average Bonchev–Trinajstić information content (AvgIpc) is 2.26. The van der Waals surface area contributed by atoms with Crippen molar-refractivity contribution in [2.75, 3.05) is 19.7 Å². The predicted molar refractivity (Wildman–Crippen MR) is 62.7 cm³/mol. The van der Waals surface area contributed by atoms with E-state index >= 15 is 0 Å². The summed E-state index contributed by atoms with van der Waals surface area (Å²) >= 11 is 0. The number of carbonyl (C=O) groups excluding carboxylic acids is 1. The van der Waals surface area contributed by atoms with Crippen LogP contribution in [0.2, 0.25) is 0 Å². The number of hydrogen-bond acceptors (Lipinski definition) is 3. The fraction of sp³-hybridized carbons (Fsp3) is 0.833. The lowest BCUT2D eigenvalue weighted by atomic mass is 9.81. The molecule has 0 atom stereocenters. The highest BCUT2D eigenvalue weighted by atomic mass is 16.6. The van der Waals surface area contributed by atoms with E-state index in [0.29, 0.717) is 38.5 Å². The molecule has 0 radical (unpaired) electrons. The van der Waals surface area contributed by atoms with Crippen LogP contribution in [0, 0.1) is 11.3 Å². The van der Waals surface area contributed by atoms with Gasteiger partial charge in [0.2, 0.25) is 0 Å². The molecular weight excluding hydrogens is 222 g/mol. The summed E-state index contributed by atoms with van der Waals surface area (Å²) in [6, 6.07) is 0. The van der Waals surface area contributed by atoms with Gasteiger partial charge in [0.1, 0.15) is 0 Å². The van der Waals surface area contributed by atoms with Gasteiger partial charge in [0, 0.05) is 13.1 Å². The van der Waals surface area contributed by atoms with Crippen molar-refractivity contribution >= 4 is 12.1 Å². The lowest BCUT2D eigenvalue weighted by Gasteiger charge is -2.35. The van der Waals surface area contributed by atoms with Crippen molar-refractivity contribution in [1.29, 1.82) is 0 Å². The van der Waals surface area contributed by atoms with Gasteiger partial charge >= 0.3 is 12.1 Å². The van der Waals surface area contributed by atoms with E-state index in [2.05, 4.69) is 0 Å². The van der Waals surface area contributed by atoms with Gasteiger partial charge in [-0.25, -0.2) is 4.79 Å². The molecule has 1 amide bonds. The van der Waals surface area contributed by atoms with Crippen LogP contribution in [0.5, 0.6) is 0 Å². The highest BCUT2D eigenvalue weighted by molar-refractivity contribution is 5.75. The van der Waals surface area contributed by atoms with Crippen LogP contribution in [0.1, 0.15) is 33.6 Å². The number of piperidine rings is 1. The van der Waals surface area contributed by atoms with Crippen LogP contribution in [-0.2, 0) is 9.53 Å². The largest absolute Gasteiger partial charge is 0.481 e. The molecule has 1 rings (SSSR count). The van der Waals surface area contributed by atoms with Gasteiger partial charge in [0.05, 0.1) is 12.0 Å². The molecule has 1 N–H and O–H groups in total. The molecule has 0 aliphatic carbocycles. The Morgan fingerprint density at radius 2 is 1.88 bits per heavy atom. The minimum absolute atomic E-state index is 0.313. The van der Waals surface area contributed by atoms with E-state index in [1.165, 1.54) is 0 Å². The maximum Gasteiger partial charge on any atom is 0.409 e. The number of likely N-dealkylation sites (tertiary alicyclic amines) is 1. The van der Waals surface area contributed by atoms with Crippen LogP contribution in [0.4, 0.5) is 4.79 Å². The molecule has 17 heavy (non-hydrogen) atoms. The van der Waals surface area contributed by atoms with E-state index in [-0.39, 0.29) is 6.09 Å². The number of aliphatic carboxylic acids is 1. The Morgan fingerprint density at radius 1 is 1.35 bits per heavy atom. The van der Waals surface area contributed by atoms with Crippen molar-refractivity contribution in [1.82, 2.24) is 4.90 Å². The Kier molecular flexibility index (Phi) is 4.37.